The van der Waals surface area contributed by atoms with Gasteiger partial charge in [-0.1, -0.05) is 24.6 Å². The molecule has 0 heterocycles. The third-order valence-corrected chi connectivity index (χ3v) is 4.63. The van der Waals surface area contributed by atoms with Gasteiger partial charge in [0.25, 0.3) is 5.91 Å². The summed E-state index contributed by atoms with van der Waals surface area (Å²) in [5.41, 5.74) is 9.49. The average molecular weight is 374 g/mol. The number of rotatable bonds is 5. The number of hydrogen-bond acceptors (Lipinski definition) is 3. The van der Waals surface area contributed by atoms with Gasteiger partial charge in [-0.15, -0.1) is 12.4 Å². The monoisotopic (exact) mass is 373 g/mol. The lowest BCUT2D eigenvalue weighted by atomic mass is 9.85. The quantitative estimate of drug-likeness (QED) is 0.699. The van der Waals surface area contributed by atoms with Crippen molar-refractivity contribution in [1.29, 1.82) is 0 Å². The molecule has 2 aromatic rings. The normalized spacial score (nSPS) is 13.3. The number of benzene rings is 2. The van der Waals surface area contributed by atoms with Crippen molar-refractivity contribution in [3.8, 4) is 0 Å². The molecule has 1 aliphatic rings. The van der Waals surface area contributed by atoms with Gasteiger partial charge >= 0.3 is 0 Å². The van der Waals surface area contributed by atoms with Crippen molar-refractivity contribution in [3.63, 3.8) is 0 Å². The number of nitrogens with two attached hydrogens (primary N) is 1. The van der Waals surface area contributed by atoms with E-state index in [0.717, 1.165) is 36.1 Å². The first-order valence-corrected chi connectivity index (χ1v) is 8.57. The van der Waals surface area contributed by atoms with Gasteiger partial charge in [0.05, 0.1) is 0 Å². The minimum absolute atomic E-state index is 0. The van der Waals surface area contributed by atoms with Crippen LogP contribution in [-0.2, 0) is 11.3 Å². The number of amides is 2. The lowest BCUT2D eigenvalue weighted by Gasteiger charge is -2.24. The van der Waals surface area contributed by atoms with Crippen molar-refractivity contribution in [2.24, 2.45) is 5.92 Å². The molecule has 138 valence electrons. The maximum absolute atomic E-state index is 12.4. The predicted molar refractivity (Wildman–Crippen MR) is 106 cm³/mol. The minimum Gasteiger partial charge on any atom is -0.399 e. The van der Waals surface area contributed by atoms with Gasteiger partial charge in [0.15, 0.2) is 0 Å². The second kappa shape index (κ2) is 8.72. The van der Waals surface area contributed by atoms with E-state index in [2.05, 4.69) is 10.6 Å². The molecular weight excluding hydrogens is 350 g/mol. The standard InChI is InChI=1S/C20H23N3O2.ClH/c1-13-8-9-16(21)11-18(13)20(25)22-12-14-4-2-7-17(10-14)23-19(24)15-5-3-6-15;/h2,4,7-11,15H,3,5-6,12,21H2,1H3,(H,22,25)(H,23,24);1H. The number of halogens is 1. The molecule has 0 unspecified atom stereocenters. The Kier molecular flexibility index (Phi) is 6.64. The Bertz CT molecular complexity index is 803. The van der Waals surface area contributed by atoms with E-state index in [4.69, 9.17) is 5.73 Å². The van der Waals surface area contributed by atoms with Gasteiger partial charge in [0.1, 0.15) is 0 Å². The second-order valence-electron chi connectivity index (χ2n) is 6.57. The van der Waals surface area contributed by atoms with Gasteiger partial charge in [-0.25, -0.2) is 0 Å². The van der Waals surface area contributed by atoms with Crippen LogP contribution in [0.5, 0.6) is 0 Å². The third kappa shape index (κ3) is 4.76. The van der Waals surface area contributed by atoms with E-state index in [-0.39, 0.29) is 30.1 Å². The van der Waals surface area contributed by atoms with E-state index in [1.165, 1.54) is 0 Å². The Morgan fingerprint density at radius 2 is 1.92 bits per heavy atom. The Morgan fingerprint density at radius 1 is 1.15 bits per heavy atom. The van der Waals surface area contributed by atoms with Crippen LogP contribution in [0.1, 0.15) is 40.7 Å². The first-order chi connectivity index (χ1) is 12.0. The van der Waals surface area contributed by atoms with Crippen molar-refractivity contribution in [2.75, 3.05) is 11.1 Å². The van der Waals surface area contributed by atoms with E-state index in [9.17, 15) is 9.59 Å². The Labute approximate surface area is 159 Å². The molecule has 6 heteroatoms. The maximum atomic E-state index is 12.4. The molecule has 0 bridgehead atoms. The molecule has 5 nitrogen and oxygen atoms in total. The summed E-state index contributed by atoms with van der Waals surface area (Å²) >= 11 is 0. The minimum atomic E-state index is -0.159. The van der Waals surface area contributed by atoms with E-state index >= 15 is 0 Å². The summed E-state index contributed by atoms with van der Waals surface area (Å²) in [4.78, 5) is 24.4. The molecule has 0 saturated heterocycles. The SMILES string of the molecule is Cc1ccc(N)cc1C(=O)NCc1cccc(NC(=O)C2CCC2)c1.Cl. The van der Waals surface area contributed by atoms with Crippen molar-refractivity contribution in [2.45, 2.75) is 32.7 Å². The number of nitrogen functional groups attached to an aromatic ring is 1. The molecule has 2 aromatic carbocycles. The van der Waals surface area contributed by atoms with Crippen molar-refractivity contribution < 1.29 is 9.59 Å². The van der Waals surface area contributed by atoms with Crippen LogP contribution in [0, 0.1) is 12.8 Å². The van der Waals surface area contributed by atoms with Crippen molar-refractivity contribution in [3.05, 3.63) is 59.2 Å². The lowest BCUT2D eigenvalue weighted by Crippen LogP contribution is -2.28. The van der Waals surface area contributed by atoms with Gasteiger partial charge in [0, 0.05) is 29.4 Å². The summed E-state index contributed by atoms with van der Waals surface area (Å²) in [6.07, 6.45) is 3.08. The largest absolute Gasteiger partial charge is 0.399 e. The zero-order chi connectivity index (χ0) is 17.8. The fourth-order valence-electron chi connectivity index (χ4n) is 2.84. The first kappa shape index (κ1) is 19.8. The number of hydrogen-bond donors (Lipinski definition) is 3. The third-order valence-electron chi connectivity index (χ3n) is 4.63. The van der Waals surface area contributed by atoms with Gasteiger partial charge in [-0.2, -0.15) is 0 Å². The number of nitrogens with one attached hydrogen (secondary N) is 2. The van der Waals surface area contributed by atoms with E-state index in [1.54, 1.807) is 12.1 Å². The van der Waals surface area contributed by atoms with Gasteiger partial charge in [0.2, 0.25) is 5.91 Å². The van der Waals surface area contributed by atoms with Gasteiger partial charge < -0.3 is 16.4 Å². The number of carbonyl (C=O) groups is 2. The molecule has 2 amide bonds. The highest BCUT2D eigenvalue weighted by Gasteiger charge is 2.25. The van der Waals surface area contributed by atoms with Crippen LogP contribution < -0.4 is 16.4 Å². The number of aryl methyl sites for hydroxylation is 1. The lowest BCUT2D eigenvalue weighted by molar-refractivity contribution is -0.122. The molecule has 0 radical (unpaired) electrons. The molecule has 1 fully saturated rings. The average Bonchev–Trinajstić information content (AvgIpc) is 2.53. The Balaban J connectivity index is 0.00000243. The maximum Gasteiger partial charge on any atom is 0.251 e. The first-order valence-electron chi connectivity index (χ1n) is 8.57. The number of anilines is 2. The summed E-state index contributed by atoms with van der Waals surface area (Å²) in [6.45, 7) is 2.27. The molecule has 4 N–H and O–H groups in total. The zero-order valence-corrected chi connectivity index (χ0v) is 15.6. The van der Waals surface area contributed by atoms with Crippen molar-refractivity contribution >= 4 is 35.6 Å². The topological polar surface area (TPSA) is 84.2 Å². The van der Waals surface area contributed by atoms with Crippen molar-refractivity contribution in [1.82, 2.24) is 5.32 Å². The van der Waals surface area contributed by atoms with Crippen LogP contribution in [0.25, 0.3) is 0 Å². The Morgan fingerprint density at radius 3 is 2.62 bits per heavy atom. The predicted octanol–water partition coefficient (Wildman–Crippen LogP) is 3.67. The van der Waals surface area contributed by atoms with E-state index in [0.29, 0.717) is 17.8 Å². The molecule has 1 saturated carbocycles. The van der Waals surface area contributed by atoms with E-state index < -0.39 is 0 Å². The van der Waals surface area contributed by atoms with Crippen LogP contribution >= 0.6 is 12.4 Å². The molecule has 0 spiro atoms. The highest BCUT2D eigenvalue weighted by atomic mass is 35.5. The van der Waals surface area contributed by atoms with Crippen LogP contribution in [0.2, 0.25) is 0 Å². The summed E-state index contributed by atoms with van der Waals surface area (Å²) in [5, 5.41) is 5.85. The summed E-state index contributed by atoms with van der Waals surface area (Å²) < 4.78 is 0. The highest BCUT2D eigenvalue weighted by Crippen LogP contribution is 2.27. The molecule has 26 heavy (non-hydrogen) atoms. The smallest absolute Gasteiger partial charge is 0.251 e. The van der Waals surface area contributed by atoms with Crippen LogP contribution in [0.3, 0.4) is 0 Å². The van der Waals surface area contributed by atoms with Gasteiger partial charge in [-0.05, 0) is 55.2 Å². The molecule has 0 aromatic heterocycles. The summed E-state index contributed by atoms with van der Waals surface area (Å²) in [7, 11) is 0. The van der Waals surface area contributed by atoms with E-state index in [1.807, 2.05) is 37.3 Å². The number of carbonyl (C=O) groups excluding carboxylic acids is 2. The van der Waals surface area contributed by atoms with Crippen LogP contribution in [-0.4, -0.2) is 11.8 Å². The fraction of sp³-hybridized carbons (Fsp3) is 0.300. The van der Waals surface area contributed by atoms with Crippen LogP contribution in [0.4, 0.5) is 11.4 Å². The second-order valence-corrected chi connectivity index (χ2v) is 6.57. The van der Waals surface area contributed by atoms with Crippen LogP contribution in [0.15, 0.2) is 42.5 Å². The molecule has 1 aliphatic carbocycles. The molecule has 0 atom stereocenters. The molecule has 0 aliphatic heterocycles. The summed E-state index contributed by atoms with van der Waals surface area (Å²) in [5.74, 6) is 0.0754. The fourth-order valence-corrected chi connectivity index (χ4v) is 2.84. The zero-order valence-electron chi connectivity index (χ0n) is 14.7. The summed E-state index contributed by atoms with van der Waals surface area (Å²) in [6, 6.07) is 12.9. The van der Waals surface area contributed by atoms with Gasteiger partial charge in [-0.3, -0.25) is 9.59 Å². The Hall–Kier alpha value is -2.53. The highest BCUT2D eigenvalue weighted by molar-refractivity contribution is 5.96. The molecular formula is C20H24ClN3O2. The molecule has 3 rings (SSSR count).